The summed E-state index contributed by atoms with van der Waals surface area (Å²) in [6, 6.07) is 14.0. The normalized spacial score (nSPS) is 17.2. The van der Waals surface area contributed by atoms with Crippen LogP contribution in [0.1, 0.15) is 45.7 Å². The predicted octanol–water partition coefficient (Wildman–Crippen LogP) is 4.85. The Kier molecular flexibility index (Phi) is 9.18. The van der Waals surface area contributed by atoms with E-state index in [-0.39, 0.29) is 53.0 Å². The number of halogens is 2. The average Bonchev–Trinajstić information content (AvgIpc) is 3.69. The summed E-state index contributed by atoms with van der Waals surface area (Å²) in [6.07, 6.45) is 2.77. The van der Waals surface area contributed by atoms with Gasteiger partial charge in [0.1, 0.15) is 17.5 Å². The summed E-state index contributed by atoms with van der Waals surface area (Å²) in [5, 5.41) is 9.20. The second kappa shape index (κ2) is 13.2. The van der Waals surface area contributed by atoms with Crippen molar-refractivity contribution in [3.05, 3.63) is 92.9 Å². The number of fused-ring (bicyclic) bond motifs is 1. The van der Waals surface area contributed by atoms with Gasteiger partial charge in [-0.25, -0.2) is 13.4 Å². The maximum absolute atomic E-state index is 14.1. The number of benzene rings is 2. The summed E-state index contributed by atoms with van der Waals surface area (Å²) < 4.78 is 37.3. The number of aromatic nitrogens is 2. The first-order chi connectivity index (χ1) is 22.5. The maximum Gasteiger partial charge on any atom is 0.253 e. The zero-order valence-electron chi connectivity index (χ0n) is 25.8. The Morgan fingerprint density at radius 2 is 1.70 bits per heavy atom. The van der Waals surface area contributed by atoms with Crippen molar-refractivity contribution >= 4 is 50.7 Å². The van der Waals surface area contributed by atoms with Gasteiger partial charge in [0, 0.05) is 60.8 Å². The van der Waals surface area contributed by atoms with Crippen LogP contribution in [0.4, 0.5) is 0 Å². The molecule has 244 valence electrons. The molecule has 2 fully saturated rings. The van der Waals surface area contributed by atoms with Crippen molar-refractivity contribution in [3.8, 4) is 11.8 Å². The Morgan fingerprint density at radius 1 is 1.00 bits per heavy atom. The second-order valence-electron chi connectivity index (χ2n) is 11.6. The number of amides is 2. The van der Waals surface area contributed by atoms with Gasteiger partial charge in [0.05, 0.1) is 22.3 Å². The molecule has 2 aliphatic heterocycles. The van der Waals surface area contributed by atoms with Crippen molar-refractivity contribution in [2.24, 2.45) is 0 Å². The lowest BCUT2D eigenvalue weighted by Gasteiger charge is -2.37. The summed E-state index contributed by atoms with van der Waals surface area (Å²) in [7, 11) is -4.19. The number of nitriles is 1. The molecule has 2 aromatic heterocycles. The van der Waals surface area contributed by atoms with Gasteiger partial charge in [-0.3, -0.25) is 9.59 Å². The molecule has 2 saturated heterocycles. The summed E-state index contributed by atoms with van der Waals surface area (Å²) in [6.45, 7) is 5.10. The lowest BCUT2D eigenvalue weighted by Crippen LogP contribution is -2.55. The van der Waals surface area contributed by atoms with Crippen LogP contribution in [0.5, 0.6) is 5.75 Å². The molecule has 11 nitrogen and oxygen atoms in total. The minimum absolute atomic E-state index is 0.0619. The van der Waals surface area contributed by atoms with Crippen molar-refractivity contribution in [2.45, 2.75) is 44.2 Å². The van der Waals surface area contributed by atoms with Gasteiger partial charge in [-0.15, -0.1) is 0 Å². The van der Waals surface area contributed by atoms with Crippen LogP contribution in [0.25, 0.3) is 5.65 Å². The molecule has 47 heavy (non-hydrogen) atoms. The second-order valence-corrected chi connectivity index (χ2v) is 14.2. The number of carbonyl (C=O) groups is 2. The molecule has 2 aromatic carbocycles. The molecule has 4 aromatic rings. The number of hydrogen-bond donors (Lipinski definition) is 0. The van der Waals surface area contributed by atoms with E-state index in [1.807, 2.05) is 36.6 Å². The van der Waals surface area contributed by atoms with E-state index in [9.17, 15) is 18.0 Å². The fourth-order valence-electron chi connectivity index (χ4n) is 6.06. The molecule has 0 bridgehead atoms. The first-order valence-electron chi connectivity index (χ1n) is 15.1. The van der Waals surface area contributed by atoms with Crippen LogP contribution < -0.4 is 4.74 Å². The molecule has 14 heteroatoms. The van der Waals surface area contributed by atoms with Gasteiger partial charge in [-0.05, 0) is 75.2 Å². The van der Waals surface area contributed by atoms with E-state index in [4.69, 9.17) is 33.2 Å². The monoisotopic (exact) mass is 694 g/mol. The van der Waals surface area contributed by atoms with Gasteiger partial charge in [0.25, 0.3) is 5.91 Å². The molecule has 2 aliphatic rings. The Hall–Kier alpha value is -4.15. The van der Waals surface area contributed by atoms with Gasteiger partial charge in [-0.1, -0.05) is 23.2 Å². The molecule has 0 radical (unpaired) electrons. The number of piperazine rings is 1. The Morgan fingerprint density at radius 3 is 2.40 bits per heavy atom. The van der Waals surface area contributed by atoms with Crippen LogP contribution in [0.3, 0.4) is 0 Å². The minimum atomic E-state index is -4.19. The van der Waals surface area contributed by atoms with Crippen LogP contribution >= 0.6 is 23.2 Å². The predicted molar refractivity (Wildman–Crippen MR) is 176 cm³/mol. The van der Waals surface area contributed by atoms with E-state index in [2.05, 4.69) is 4.98 Å². The van der Waals surface area contributed by atoms with E-state index >= 15 is 0 Å². The first-order valence-corrected chi connectivity index (χ1v) is 17.3. The highest BCUT2D eigenvalue weighted by Gasteiger charge is 2.43. The third-order valence-electron chi connectivity index (χ3n) is 8.83. The van der Waals surface area contributed by atoms with Gasteiger partial charge >= 0.3 is 0 Å². The lowest BCUT2D eigenvalue weighted by atomic mass is 10.1. The molecular formula is C33H32Cl2N6O5S. The molecule has 0 spiro atoms. The third kappa shape index (κ3) is 6.16. The first kappa shape index (κ1) is 32.8. The lowest BCUT2D eigenvalue weighted by molar-refractivity contribution is -0.136. The fourth-order valence-corrected chi connectivity index (χ4v) is 8.57. The third-order valence-corrected chi connectivity index (χ3v) is 11.7. The molecule has 1 atom stereocenters. The molecule has 4 heterocycles. The Balaban J connectivity index is 1.16. The van der Waals surface area contributed by atoms with E-state index in [1.165, 1.54) is 16.4 Å². The van der Waals surface area contributed by atoms with E-state index in [0.717, 1.165) is 11.4 Å². The smallest absolute Gasteiger partial charge is 0.253 e. The highest BCUT2D eigenvalue weighted by Crippen LogP contribution is 2.36. The number of imidazole rings is 1. The van der Waals surface area contributed by atoms with Crippen molar-refractivity contribution in [2.75, 3.05) is 32.7 Å². The van der Waals surface area contributed by atoms with Crippen molar-refractivity contribution in [1.82, 2.24) is 23.5 Å². The Bertz CT molecular complexity index is 2020. The van der Waals surface area contributed by atoms with Crippen molar-refractivity contribution in [1.29, 1.82) is 5.26 Å². The van der Waals surface area contributed by atoms with Gasteiger partial charge in [-0.2, -0.15) is 9.57 Å². The number of nitrogens with zero attached hydrogens (tertiary/aromatic N) is 6. The molecule has 0 N–H and O–H groups in total. The number of aryl methyl sites for hydroxylation is 2. The highest BCUT2D eigenvalue weighted by atomic mass is 35.5. The van der Waals surface area contributed by atoms with E-state index in [1.54, 1.807) is 40.1 Å². The molecule has 6 rings (SSSR count). The maximum atomic E-state index is 14.1. The largest absolute Gasteiger partial charge is 0.485 e. The molecule has 0 saturated carbocycles. The van der Waals surface area contributed by atoms with Crippen LogP contribution in [0, 0.1) is 25.2 Å². The number of hydrogen-bond acceptors (Lipinski definition) is 7. The van der Waals surface area contributed by atoms with Crippen LogP contribution in [-0.2, 0) is 21.4 Å². The molecule has 0 unspecified atom stereocenters. The average molecular weight is 696 g/mol. The molecule has 0 aliphatic carbocycles. The van der Waals surface area contributed by atoms with Crippen LogP contribution in [-0.4, -0.2) is 82.5 Å². The number of ether oxygens (including phenoxy) is 1. The quantitative estimate of drug-likeness (QED) is 0.271. The summed E-state index contributed by atoms with van der Waals surface area (Å²) >= 11 is 13.2. The highest BCUT2D eigenvalue weighted by molar-refractivity contribution is 7.89. The van der Waals surface area contributed by atoms with Crippen molar-refractivity contribution < 1.29 is 22.7 Å². The van der Waals surface area contributed by atoms with Crippen molar-refractivity contribution in [3.63, 3.8) is 0 Å². The topological polar surface area (TPSA) is 128 Å². The standard InChI is InChI=1S/C33H32Cl2N6O5S/c1-21-22(2)40-13-4-6-28(31(40)37-21)46-20-25-26(34)11-12-29(30(25)35)47(44,45)41-14-3-5-27(41)33(43)39-17-15-38(16-18-39)32(42)24-9-7-23(19-36)8-10-24/h4,6-13,27H,3,5,14-18,20H2,1-2H3/t27-/m0/s1. The summed E-state index contributed by atoms with van der Waals surface area (Å²) in [5.41, 5.74) is 3.69. The SMILES string of the molecule is Cc1nc2c(OCc3c(Cl)ccc(S(=O)(=O)N4CCC[C@H]4C(=O)N4CCN(C(=O)c5ccc(C#N)cc5)CC4)c3Cl)cccn2c1C. The summed E-state index contributed by atoms with van der Waals surface area (Å²) in [5.74, 6) is 0.00656. The Labute approximate surface area is 282 Å². The van der Waals surface area contributed by atoms with E-state index < -0.39 is 16.1 Å². The van der Waals surface area contributed by atoms with Crippen LogP contribution in [0.2, 0.25) is 10.0 Å². The fraction of sp³-hybridized carbons (Fsp3) is 0.333. The minimum Gasteiger partial charge on any atom is -0.485 e. The van der Waals surface area contributed by atoms with E-state index in [0.29, 0.717) is 54.0 Å². The number of carbonyl (C=O) groups excluding carboxylic acids is 2. The van der Waals surface area contributed by atoms with Gasteiger partial charge in [0.15, 0.2) is 11.4 Å². The van der Waals surface area contributed by atoms with Crippen LogP contribution in [0.15, 0.2) is 59.6 Å². The number of rotatable bonds is 7. The molecular weight excluding hydrogens is 663 g/mol. The zero-order valence-corrected chi connectivity index (χ0v) is 28.1. The number of sulfonamides is 1. The zero-order chi connectivity index (χ0) is 33.5. The van der Waals surface area contributed by atoms with Gasteiger partial charge in [0.2, 0.25) is 15.9 Å². The summed E-state index contributed by atoms with van der Waals surface area (Å²) in [4.78, 5) is 34.4. The number of pyridine rings is 1. The van der Waals surface area contributed by atoms with Gasteiger partial charge < -0.3 is 18.9 Å². The molecule has 2 amide bonds.